The van der Waals surface area contributed by atoms with Gasteiger partial charge >= 0.3 is 0 Å². The van der Waals surface area contributed by atoms with Crippen LogP contribution < -0.4 is 4.72 Å². The molecule has 0 spiro atoms. The summed E-state index contributed by atoms with van der Waals surface area (Å²) < 4.78 is 28.1. The molecule has 0 amide bonds. The monoisotopic (exact) mass is 435 g/mol. The smallest absolute Gasteiger partial charge is 0.244 e. The SMILES string of the molecule is C=CCNS(=O)(=O)c1c(CCCCC)cc(O)c(CC=C(C)CCC=C(C)C)c1O. The third kappa shape index (κ3) is 8.00. The van der Waals surface area contributed by atoms with Crippen LogP contribution in [0.5, 0.6) is 11.5 Å². The number of aromatic hydroxyl groups is 2. The fraction of sp³-hybridized carbons (Fsp3) is 0.500. The zero-order valence-electron chi connectivity index (χ0n) is 18.8. The molecule has 0 saturated carbocycles. The number of aryl methyl sites for hydroxylation is 1. The van der Waals surface area contributed by atoms with Crippen molar-refractivity contribution in [3.8, 4) is 11.5 Å². The highest BCUT2D eigenvalue weighted by Gasteiger charge is 2.26. The van der Waals surface area contributed by atoms with Crippen LogP contribution in [-0.2, 0) is 22.9 Å². The first kappa shape index (κ1) is 26.0. The van der Waals surface area contributed by atoms with Crippen LogP contribution in [-0.4, -0.2) is 25.2 Å². The number of sulfonamides is 1. The molecule has 5 nitrogen and oxygen atoms in total. The van der Waals surface area contributed by atoms with Crippen molar-refractivity contribution in [1.29, 1.82) is 0 Å². The predicted octanol–water partition coefficient (Wildman–Crippen LogP) is 5.53. The van der Waals surface area contributed by atoms with E-state index in [0.717, 1.165) is 37.7 Å². The topological polar surface area (TPSA) is 86.6 Å². The van der Waals surface area contributed by atoms with Gasteiger partial charge in [0.25, 0.3) is 0 Å². The summed E-state index contributed by atoms with van der Waals surface area (Å²) in [4.78, 5) is -0.135. The third-order valence-corrected chi connectivity index (χ3v) is 6.43. The van der Waals surface area contributed by atoms with E-state index in [1.165, 1.54) is 17.7 Å². The lowest BCUT2D eigenvalue weighted by atomic mass is 10.00. The van der Waals surface area contributed by atoms with Gasteiger partial charge in [0.1, 0.15) is 16.4 Å². The van der Waals surface area contributed by atoms with Crippen molar-refractivity contribution in [2.45, 2.75) is 77.5 Å². The second kappa shape index (κ2) is 12.6. The number of phenolic OH excluding ortho intramolecular Hbond substituents is 2. The zero-order chi connectivity index (χ0) is 22.7. The molecule has 0 bridgehead atoms. The van der Waals surface area contributed by atoms with Gasteiger partial charge in [-0.2, -0.15) is 0 Å². The van der Waals surface area contributed by atoms with E-state index in [4.69, 9.17) is 0 Å². The minimum atomic E-state index is -3.93. The zero-order valence-corrected chi connectivity index (χ0v) is 19.6. The van der Waals surface area contributed by atoms with E-state index in [1.54, 1.807) is 0 Å². The Morgan fingerprint density at radius 1 is 1.17 bits per heavy atom. The van der Waals surface area contributed by atoms with Crippen molar-refractivity contribution in [3.05, 3.63) is 53.1 Å². The van der Waals surface area contributed by atoms with Crippen LogP contribution in [0.4, 0.5) is 0 Å². The lowest BCUT2D eigenvalue weighted by molar-refractivity contribution is 0.426. The molecular formula is C24H37NO4S. The molecule has 1 aromatic rings. The lowest BCUT2D eigenvalue weighted by Crippen LogP contribution is -2.25. The number of nitrogens with one attached hydrogen (secondary N) is 1. The highest BCUT2D eigenvalue weighted by molar-refractivity contribution is 7.89. The predicted molar refractivity (Wildman–Crippen MR) is 125 cm³/mol. The van der Waals surface area contributed by atoms with Crippen molar-refractivity contribution in [3.63, 3.8) is 0 Å². The lowest BCUT2D eigenvalue weighted by Gasteiger charge is -2.17. The van der Waals surface area contributed by atoms with Crippen molar-refractivity contribution in [1.82, 2.24) is 4.72 Å². The fourth-order valence-electron chi connectivity index (χ4n) is 3.19. The Labute approximate surface area is 182 Å². The Morgan fingerprint density at radius 3 is 2.47 bits per heavy atom. The molecule has 0 fully saturated rings. The first-order chi connectivity index (χ1) is 14.1. The number of hydrogen-bond donors (Lipinski definition) is 3. The normalized spacial score (nSPS) is 12.1. The second-order valence-corrected chi connectivity index (χ2v) is 9.59. The largest absolute Gasteiger partial charge is 0.508 e. The van der Waals surface area contributed by atoms with Gasteiger partial charge in [-0.3, -0.25) is 0 Å². The Kier molecular flexibility index (Phi) is 10.9. The van der Waals surface area contributed by atoms with E-state index in [9.17, 15) is 18.6 Å². The maximum absolute atomic E-state index is 12.8. The number of rotatable bonds is 13. The van der Waals surface area contributed by atoms with E-state index < -0.39 is 10.0 Å². The molecule has 0 aliphatic carbocycles. The molecule has 0 heterocycles. The van der Waals surface area contributed by atoms with E-state index in [1.807, 2.05) is 13.0 Å². The molecule has 0 aliphatic heterocycles. The van der Waals surface area contributed by atoms with Gasteiger partial charge in [0.05, 0.1) is 0 Å². The average molecular weight is 436 g/mol. The molecule has 168 valence electrons. The Balaban J connectivity index is 3.29. The van der Waals surface area contributed by atoms with Gasteiger partial charge in [0, 0.05) is 12.1 Å². The number of hydrogen-bond acceptors (Lipinski definition) is 4. The summed E-state index contributed by atoms with van der Waals surface area (Å²) in [6.07, 6.45) is 10.8. The standard InChI is InChI=1S/C24H37NO4S/c1-6-8-9-13-20-17-22(26)21(15-14-19(5)12-10-11-18(3)4)23(27)24(20)30(28,29)25-16-7-2/h7,11,14,17,25-27H,2,6,8-10,12-13,15-16H2,1,3-5H3. The first-order valence-electron chi connectivity index (χ1n) is 10.6. The first-order valence-corrected chi connectivity index (χ1v) is 12.1. The minimum absolute atomic E-state index is 0.0652. The average Bonchev–Trinajstić information content (AvgIpc) is 2.65. The summed E-state index contributed by atoms with van der Waals surface area (Å²) in [5, 5.41) is 21.4. The van der Waals surface area contributed by atoms with E-state index in [2.05, 4.69) is 38.1 Å². The summed E-state index contributed by atoms with van der Waals surface area (Å²) in [5.41, 5.74) is 3.05. The van der Waals surface area contributed by atoms with Crippen LogP contribution in [0.2, 0.25) is 0 Å². The number of benzene rings is 1. The Hall–Kier alpha value is -2.05. The quantitative estimate of drug-likeness (QED) is 0.281. The molecule has 0 unspecified atom stereocenters. The van der Waals surface area contributed by atoms with Crippen LogP contribution >= 0.6 is 0 Å². The van der Waals surface area contributed by atoms with Gasteiger partial charge in [-0.1, -0.05) is 49.1 Å². The van der Waals surface area contributed by atoms with Crippen molar-refractivity contribution in [2.75, 3.05) is 6.54 Å². The number of allylic oxidation sites excluding steroid dienone is 4. The summed E-state index contributed by atoms with van der Waals surface area (Å²) in [7, 11) is -3.93. The van der Waals surface area contributed by atoms with Gasteiger partial charge in [0.2, 0.25) is 10.0 Å². The highest BCUT2D eigenvalue weighted by atomic mass is 32.2. The summed E-state index contributed by atoms with van der Waals surface area (Å²) >= 11 is 0. The summed E-state index contributed by atoms with van der Waals surface area (Å²) in [6, 6.07) is 1.49. The molecule has 30 heavy (non-hydrogen) atoms. The van der Waals surface area contributed by atoms with E-state index in [0.29, 0.717) is 12.0 Å². The van der Waals surface area contributed by atoms with Crippen LogP contribution in [0.25, 0.3) is 0 Å². The van der Waals surface area contributed by atoms with Crippen LogP contribution in [0.3, 0.4) is 0 Å². The summed E-state index contributed by atoms with van der Waals surface area (Å²) in [6.45, 7) is 11.8. The molecule has 0 radical (unpaired) electrons. The minimum Gasteiger partial charge on any atom is -0.508 e. The van der Waals surface area contributed by atoms with Crippen LogP contribution in [0.1, 0.15) is 70.9 Å². The van der Waals surface area contributed by atoms with Gasteiger partial charge in [-0.25, -0.2) is 13.1 Å². The van der Waals surface area contributed by atoms with Crippen LogP contribution in [0.15, 0.2) is 46.9 Å². The molecule has 0 atom stereocenters. The van der Waals surface area contributed by atoms with Crippen molar-refractivity contribution < 1.29 is 18.6 Å². The Bertz CT molecular complexity index is 879. The highest BCUT2D eigenvalue weighted by Crippen LogP contribution is 2.38. The van der Waals surface area contributed by atoms with Gasteiger partial charge < -0.3 is 10.2 Å². The molecule has 0 aliphatic rings. The maximum Gasteiger partial charge on any atom is 0.244 e. The molecule has 0 aromatic heterocycles. The maximum atomic E-state index is 12.8. The molecule has 6 heteroatoms. The van der Waals surface area contributed by atoms with Gasteiger partial charge in [-0.15, -0.1) is 6.58 Å². The Morgan fingerprint density at radius 2 is 1.87 bits per heavy atom. The fourth-order valence-corrected chi connectivity index (χ4v) is 4.55. The van der Waals surface area contributed by atoms with Crippen molar-refractivity contribution in [2.24, 2.45) is 0 Å². The van der Waals surface area contributed by atoms with E-state index in [-0.39, 0.29) is 34.9 Å². The molecule has 3 N–H and O–H groups in total. The van der Waals surface area contributed by atoms with Gasteiger partial charge in [-0.05, 0) is 64.5 Å². The molecule has 1 rings (SSSR count). The van der Waals surface area contributed by atoms with E-state index >= 15 is 0 Å². The molecular weight excluding hydrogens is 398 g/mol. The second-order valence-electron chi connectivity index (χ2n) is 7.88. The number of phenols is 2. The van der Waals surface area contributed by atoms with Crippen molar-refractivity contribution >= 4 is 10.0 Å². The third-order valence-electron chi connectivity index (χ3n) is 4.89. The number of unbranched alkanes of at least 4 members (excludes halogenated alkanes) is 2. The van der Waals surface area contributed by atoms with Gasteiger partial charge in [0.15, 0.2) is 0 Å². The molecule has 0 saturated heterocycles. The summed E-state index contributed by atoms with van der Waals surface area (Å²) in [5.74, 6) is -0.443. The van der Waals surface area contributed by atoms with Crippen LogP contribution in [0, 0.1) is 0 Å². The molecule has 1 aromatic carbocycles.